The molecule has 1 aromatic rings. The molecule has 0 unspecified atom stereocenters. The Morgan fingerprint density at radius 1 is 1.17 bits per heavy atom. The Bertz CT molecular complexity index is 535. The molecule has 1 atom stereocenters. The van der Waals surface area contributed by atoms with E-state index in [1.807, 2.05) is 20.8 Å². The second-order valence-corrected chi connectivity index (χ2v) is 7.00. The highest BCUT2D eigenvalue weighted by atomic mass is 32.2. The van der Waals surface area contributed by atoms with E-state index in [2.05, 4.69) is 4.72 Å². The van der Waals surface area contributed by atoms with Crippen LogP contribution in [0.5, 0.6) is 0 Å². The van der Waals surface area contributed by atoms with Gasteiger partial charge in [-0.05, 0) is 30.5 Å². The van der Waals surface area contributed by atoms with Gasteiger partial charge >= 0.3 is 0 Å². The Hall–Kier alpha value is -1.01. The van der Waals surface area contributed by atoms with Crippen LogP contribution in [-0.2, 0) is 10.0 Å². The highest BCUT2D eigenvalue weighted by molar-refractivity contribution is 7.89. The molecule has 6 heteroatoms. The summed E-state index contributed by atoms with van der Waals surface area (Å²) in [6.07, 6.45) is 0. The fourth-order valence-electron chi connectivity index (χ4n) is 1.12. The summed E-state index contributed by atoms with van der Waals surface area (Å²) in [6, 6.07) is 2.17. The largest absolute Gasteiger partial charge is 0.240 e. The molecular weight excluding hydrogens is 260 g/mol. The van der Waals surface area contributed by atoms with Crippen LogP contribution in [0.25, 0.3) is 0 Å². The molecule has 1 N–H and O–H groups in total. The van der Waals surface area contributed by atoms with Crippen molar-refractivity contribution in [2.45, 2.75) is 38.6 Å². The molecule has 1 rings (SSSR count). The summed E-state index contributed by atoms with van der Waals surface area (Å²) in [5, 5.41) is 0. The summed E-state index contributed by atoms with van der Waals surface area (Å²) in [4.78, 5) is -0.280. The quantitative estimate of drug-likeness (QED) is 0.923. The molecule has 0 bridgehead atoms. The molecule has 18 heavy (non-hydrogen) atoms. The average Bonchev–Trinajstić information content (AvgIpc) is 2.19. The van der Waals surface area contributed by atoms with Crippen LogP contribution >= 0.6 is 0 Å². The van der Waals surface area contributed by atoms with Crippen molar-refractivity contribution in [3.8, 4) is 0 Å². The van der Waals surface area contributed by atoms with Gasteiger partial charge in [-0.25, -0.2) is 21.9 Å². The molecule has 102 valence electrons. The van der Waals surface area contributed by atoms with Crippen molar-refractivity contribution in [2.75, 3.05) is 0 Å². The van der Waals surface area contributed by atoms with Gasteiger partial charge in [0.25, 0.3) is 0 Å². The first-order chi connectivity index (χ1) is 8.04. The molecule has 0 saturated carbocycles. The summed E-state index contributed by atoms with van der Waals surface area (Å²) >= 11 is 0. The Kier molecular flexibility index (Phi) is 4.12. The van der Waals surface area contributed by atoms with Crippen molar-refractivity contribution >= 4 is 10.0 Å². The summed E-state index contributed by atoms with van der Waals surface area (Å²) in [7, 11) is -3.84. The Balaban J connectivity index is 3.04. The molecule has 3 nitrogen and oxygen atoms in total. The van der Waals surface area contributed by atoms with Crippen molar-refractivity contribution in [2.24, 2.45) is 5.41 Å². The molecule has 0 radical (unpaired) electrons. The maximum Gasteiger partial charge on any atom is 0.240 e. The highest BCUT2D eigenvalue weighted by Gasteiger charge is 2.26. The lowest BCUT2D eigenvalue weighted by atomic mass is 9.89. The van der Waals surface area contributed by atoms with Crippen molar-refractivity contribution in [1.82, 2.24) is 4.72 Å². The van der Waals surface area contributed by atoms with Gasteiger partial charge in [-0.1, -0.05) is 20.8 Å². The van der Waals surface area contributed by atoms with Crippen molar-refractivity contribution in [1.29, 1.82) is 0 Å². The van der Waals surface area contributed by atoms with Gasteiger partial charge in [0.2, 0.25) is 10.0 Å². The smallest absolute Gasteiger partial charge is 0.208 e. The van der Waals surface area contributed by atoms with Crippen LogP contribution < -0.4 is 4.72 Å². The van der Waals surface area contributed by atoms with Gasteiger partial charge in [-0.2, -0.15) is 0 Å². The van der Waals surface area contributed by atoms with E-state index < -0.39 is 21.7 Å². The van der Waals surface area contributed by atoms with Crippen LogP contribution in [0.4, 0.5) is 8.78 Å². The van der Waals surface area contributed by atoms with E-state index in [1.165, 1.54) is 0 Å². The molecule has 0 fully saturated rings. The predicted molar refractivity (Wildman–Crippen MR) is 65.6 cm³/mol. The van der Waals surface area contributed by atoms with Crippen molar-refractivity contribution < 1.29 is 17.2 Å². The normalized spacial score (nSPS) is 14.6. The van der Waals surface area contributed by atoms with E-state index in [9.17, 15) is 17.2 Å². The van der Waals surface area contributed by atoms with Gasteiger partial charge in [0, 0.05) is 6.04 Å². The lowest BCUT2D eigenvalue weighted by molar-refractivity contribution is 0.317. The molecular formula is C12H17F2NO2S. The summed E-state index contributed by atoms with van der Waals surface area (Å²) in [5.41, 5.74) is -0.272. The van der Waals surface area contributed by atoms with Crippen LogP contribution in [-0.4, -0.2) is 14.5 Å². The zero-order valence-electron chi connectivity index (χ0n) is 10.8. The number of halogens is 2. The minimum atomic E-state index is -3.84. The molecule has 0 saturated heterocycles. The predicted octanol–water partition coefficient (Wildman–Crippen LogP) is 2.68. The lowest BCUT2D eigenvalue weighted by Crippen LogP contribution is -2.41. The Morgan fingerprint density at radius 3 is 2.17 bits per heavy atom. The molecule has 0 aromatic heterocycles. The third kappa shape index (κ3) is 3.49. The van der Waals surface area contributed by atoms with Gasteiger partial charge < -0.3 is 0 Å². The maximum absolute atomic E-state index is 13.0. The van der Waals surface area contributed by atoms with E-state index in [0.29, 0.717) is 6.07 Å². The number of nitrogens with one attached hydrogen (secondary N) is 1. The number of hydrogen-bond acceptors (Lipinski definition) is 2. The zero-order valence-corrected chi connectivity index (χ0v) is 11.6. The monoisotopic (exact) mass is 277 g/mol. The van der Waals surface area contributed by atoms with E-state index >= 15 is 0 Å². The Morgan fingerprint density at radius 2 is 1.72 bits per heavy atom. The first-order valence-corrected chi connectivity index (χ1v) is 7.00. The van der Waals surface area contributed by atoms with E-state index in [1.54, 1.807) is 6.92 Å². The first-order valence-electron chi connectivity index (χ1n) is 5.51. The average molecular weight is 277 g/mol. The maximum atomic E-state index is 13.0. The fraction of sp³-hybridized carbons (Fsp3) is 0.500. The standard InChI is InChI=1S/C12H17F2NO2S/c1-8(12(2,3)4)15-18(16,17)9-5-6-10(13)11(14)7-9/h5-8,15H,1-4H3/t8-/m1/s1. The SMILES string of the molecule is C[C@@H](NS(=O)(=O)c1ccc(F)c(F)c1)C(C)(C)C. The molecule has 0 spiro atoms. The van der Waals surface area contributed by atoms with Crippen molar-refractivity contribution in [3.63, 3.8) is 0 Å². The summed E-state index contributed by atoms with van der Waals surface area (Å²) in [5.74, 6) is -2.25. The minimum Gasteiger partial charge on any atom is -0.208 e. The number of sulfonamides is 1. The lowest BCUT2D eigenvalue weighted by Gasteiger charge is -2.27. The highest BCUT2D eigenvalue weighted by Crippen LogP contribution is 2.21. The molecule has 1 aromatic carbocycles. The van der Waals surface area contributed by atoms with Crippen LogP contribution in [0.15, 0.2) is 23.1 Å². The van der Waals surface area contributed by atoms with Crippen LogP contribution in [0.1, 0.15) is 27.7 Å². The van der Waals surface area contributed by atoms with E-state index in [0.717, 1.165) is 12.1 Å². The third-order valence-corrected chi connectivity index (χ3v) is 4.37. The van der Waals surface area contributed by atoms with Gasteiger partial charge in [0.15, 0.2) is 11.6 Å². The van der Waals surface area contributed by atoms with Gasteiger partial charge in [0.1, 0.15) is 0 Å². The second-order valence-electron chi connectivity index (χ2n) is 5.28. The molecule has 0 aliphatic heterocycles. The zero-order chi connectivity index (χ0) is 14.1. The topological polar surface area (TPSA) is 46.2 Å². The summed E-state index contributed by atoms with van der Waals surface area (Å²) < 4.78 is 52.1. The first kappa shape index (κ1) is 15.0. The van der Waals surface area contributed by atoms with Crippen molar-refractivity contribution in [3.05, 3.63) is 29.8 Å². The number of benzene rings is 1. The summed E-state index contributed by atoms with van der Waals surface area (Å²) in [6.45, 7) is 7.36. The van der Waals surface area contributed by atoms with Gasteiger partial charge in [-0.15, -0.1) is 0 Å². The van der Waals surface area contributed by atoms with Crippen LogP contribution in [0.3, 0.4) is 0 Å². The van der Waals surface area contributed by atoms with E-state index in [-0.39, 0.29) is 16.4 Å². The number of rotatable bonds is 3. The molecule has 0 heterocycles. The van der Waals surface area contributed by atoms with Gasteiger partial charge in [0.05, 0.1) is 4.90 Å². The van der Waals surface area contributed by atoms with E-state index in [4.69, 9.17) is 0 Å². The molecule has 0 aliphatic rings. The van der Waals surface area contributed by atoms with Crippen LogP contribution in [0.2, 0.25) is 0 Å². The second kappa shape index (κ2) is 4.93. The minimum absolute atomic E-state index is 0.272. The molecule has 0 amide bonds. The van der Waals surface area contributed by atoms with Gasteiger partial charge in [-0.3, -0.25) is 0 Å². The number of hydrogen-bond donors (Lipinski definition) is 1. The molecule has 0 aliphatic carbocycles. The Labute approximate surface area is 106 Å². The van der Waals surface area contributed by atoms with Crippen LogP contribution in [0, 0.1) is 17.0 Å². The fourth-order valence-corrected chi connectivity index (χ4v) is 2.58. The third-order valence-electron chi connectivity index (χ3n) is 2.83.